The van der Waals surface area contributed by atoms with Crippen LogP contribution in [0.2, 0.25) is 0 Å². The summed E-state index contributed by atoms with van der Waals surface area (Å²) in [5, 5.41) is 8.89. The predicted octanol–water partition coefficient (Wildman–Crippen LogP) is 3.25. The molecule has 0 heterocycles. The summed E-state index contributed by atoms with van der Waals surface area (Å²) < 4.78 is 5.40. The van der Waals surface area contributed by atoms with Gasteiger partial charge in [-0.25, -0.2) is 0 Å². The van der Waals surface area contributed by atoms with Crippen molar-refractivity contribution in [1.82, 2.24) is 0 Å². The summed E-state index contributed by atoms with van der Waals surface area (Å²) in [5.74, 6) is 1.66. The number of hydrogen-bond acceptors (Lipinski definition) is 2. The highest BCUT2D eigenvalue weighted by Gasteiger charge is 2.39. The van der Waals surface area contributed by atoms with Crippen molar-refractivity contribution < 1.29 is 4.74 Å². The zero-order chi connectivity index (χ0) is 11.9. The van der Waals surface area contributed by atoms with Crippen molar-refractivity contribution in [3.63, 3.8) is 0 Å². The molecule has 2 unspecified atom stereocenters. The lowest BCUT2D eigenvalue weighted by atomic mass is 9.95. The quantitative estimate of drug-likeness (QED) is 0.758. The number of ether oxygens (including phenoxy) is 1. The summed E-state index contributed by atoms with van der Waals surface area (Å²) >= 11 is 0. The molecule has 2 rings (SSSR count). The van der Waals surface area contributed by atoms with Gasteiger partial charge in [-0.15, -0.1) is 0 Å². The number of rotatable bonds is 2. The predicted molar refractivity (Wildman–Crippen MR) is 63.7 cm³/mol. The van der Waals surface area contributed by atoms with Crippen molar-refractivity contribution in [1.29, 1.82) is 5.26 Å². The summed E-state index contributed by atoms with van der Waals surface area (Å²) in [6, 6.07) is 4.53. The summed E-state index contributed by atoms with van der Waals surface area (Å²) in [7, 11) is 1.71. The van der Waals surface area contributed by atoms with Crippen molar-refractivity contribution in [2.75, 3.05) is 7.11 Å². The Balaban J connectivity index is 2.46. The van der Waals surface area contributed by atoms with Crippen LogP contribution in [0.3, 0.4) is 0 Å². The molecule has 2 heteroatoms. The van der Waals surface area contributed by atoms with Gasteiger partial charge in [0.2, 0.25) is 0 Å². The van der Waals surface area contributed by atoms with E-state index in [0.717, 1.165) is 12.2 Å². The van der Waals surface area contributed by atoms with Crippen molar-refractivity contribution in [3.8, 4) is 11.8 Å². The topological polar surface area (TPSA) is 33.0 Å². The van der Waals surface area contributed by atoms with Crippen LogP contribution in [-0.4, -0.2) is 7.11 Å². The van der Waals surface area contributed by atoms with E-state index < -0.39 is 0 Å². The highest BCUT2D eigenvalue weighted by atomic mass is 16.5. The third-order valence-corrected chi connectivity index (χ3v) is 3.63. The molecule has 1 aromatic carbocycles. The van der Waals surface area contributed by atoms with Gasteiger partial charge >= 0.3 is 0 Å². The monoisotopic (exact) mass is 215 g/mol. The van der Waals surface area contributed by atoms with Crippen molar-refractivity contribution in [2.45, 2.75) is 33.1 Å². The van der Waals surface area contributed by atoms with E-state index in [-0.39, 0.29) is 5.92 Å². The molecule has 0 spiro atoms. The smallest absolute Gasteiger partial charge is 0.124 e. The second kappa shape index (κ2) is 3.83. The Morgan fingerprint density at radius 1 is 1.31 bits per heavy atom. The van der Waals surface area contributed by atoms with Crippen molar-refractivity contribution in [3.05, 3.63) is 28.3 Å². The highest BCUT2D eigenvalue weighted by molar-refractivity contribution is 5.51. The molecule has 1 saturated carbocycles. The van der Waals surface area contributed by atoms with E-state index >= 15 is 0 Å². The molecule has 0 amide bonds. The van der Waals surface area contributed by atoms with Crippen LogP contribution in [0.25, 0.3) is 0 Å². The van der Waals surface area contributed by atoms with Crippen LogP contribution < -0.4 is 4.74 Å². The summed E-state index contributed by atoms with van der Waals surface area (Å²) in [6.45, 7) is 6.28. The molecule has 1 aromatic rings. The van der Waals surface area contributed by atoms with Crippen LogP contribution in [0.4, 0.5) is 0 Å². The Morgan fingerprint density at radius 3 is 2.50 bits per heavy atom. The molecule has 16 heavy (non-hydrogen) atoms. The first kappa shape index (κ1) is 11.0. The van der Waals surface area contributed by atoms with E-state index in [2.05, 4.69) is 32.9 Å². The first-order chi connectivity index (χ1) is 7.60. The minimum Gasteiger partial charge on any atom is -0.496 e. The van der Waals surface area contributed by atoms with Crippen LogP contribution in [0, 0.1) is 38.0 Å². The first-order valence-corrected chi connectivity index (χ1v) is 5.64. The van der Waals surface area contributed by atoms with Crippen molar-refractivity contribution >= 4 is 0 Å². The van der Waals surface area contributed by atoms with Gasteiger partial charge in [0.25, 0.3) is 0 Å². The molecule has 0 radical (unpaired) electrons. The van der Waals surface area contributed by atoms with Gasteiger partial charge in [-0.05, 0) is 49.4 Å². The summed E-state index contributed by atoms with van der Waals surface area (Å²) in [4.78, 5) is 0. The Bertz CT molecular complexity index is 471. The van der Waals surface area contributed by atoms with Crippen LogP contribution in [0.1, 0.15) is 34.6 Å². The van der Waals surface area contributed by atoms with Crippen LogP contribution in [-0.2, 0) is 0 Å². The Hall–Kier alpha value is -1.49. The van der Waals surface area contributed by atoms with E-state index in [0.29, 0.717) is 5.92 Å². The van der Waals surface area contributed by atoms with E-state index in [9.17, 15) is 0 Å². The van der Waals surface area contributed by atoms with Crippen LogP contribution in [0.15, 0.2) is 6.07 Å². The normalized spacial score (nSPS) is 22.7. The maximum absolute atomic E-state index is 8.89. The molecule has 0 saturated heterocycles. The second-order valence-corrected chi connectivity index (χ2v) is 4.64. The molecule has 0 aromatic heterocycles. The fourth-order valence-electron chi connectivity index (χ4n) is 2.47. The largest absolute Gasteiger partial charge is 0.496 e. The van der Waals surface area contributed by atoms with E-state index in [4.69, 9.17) is 10.00 Å². The SMILES string of the molecule is COc1c(C)cc(C2CC2C#N)c(C)c1C. The fourth-order valence-corrected chi connectivity index (χ4v) is 2.47. The van der Waals surface area contributed by atoms with Gasteiger partial charge < -0.3 is 4.74 Å². The average Bonchev–Trinajstić information content (AvgIpc) is 3.03. The van der Waals surface area contributed by atoms with Crippen molar-refractivity contribution in [2.24, 2.45) is 5.92 Å². The number of nitrogens with zero attached hydrogens (tertiary/aromatic N) is 1. The molecule has 84 valence electrons. The van der Waals surface area contributed by atoms with Gasteiger partial charge in [0.05, 0.1) is 19.1 Å². The molecule has 0 aliphatic heterocycles. The molecule has 0 N–H and O–H groups in total. The number of aryl methyl sites for hydroxylation is 1. The summed E-state index contributed by atoms with van der Waals surface area (Å²) in [6.07, 6.45) is 1.02. The highest BCUT2D eigenvalue weighted by Crippen LogP contribution is 2.49. The van der Waals surface area contributed by atoms with Crippen LogP contribution >= 0.6 is 0 Å². The van der Waals surface area contributed by atoms with E-state index in [1.807, 2.05) is 0 Å². The molecule has 0 bridgehead atoms. The minimum atomic E-state index is 0.228. The van der Waals surface area contributed by atoms with Crippen LogP contribution in [0.5, 0.6) is 5.75 Å². The lowest BCUT2D eigenvalue weighted by molar-refractivity contribution is 0.408. The standard InChI is InChI=1S/C14H17NO/c1-8-5-12(13-6-11(13)7-15)9(2)10(3)14(8)16-4/h5,11,13H,6H2,1-4H3. The van der Waals surface area contributed by atoms with Gasteiger partial charge in [-0.1, -0.05) is 6.07 Å². The Morgan fingerprint density at radius 2 is 2.00 bits per heavy atom. The summed E-state index contributed by atoms with van der Waals surface area (Å²) in [5.41, 5.74) is 5.00. The maximum atomic E-state index is 8.89. The van der Waals surface area contributed by atoms with Gasteiger partial charge in [-0.3, -0.25) is 0 Å². The molecular formula is C14H17NO. The zero-order valence-corrected chi connectivity index (χ0v) is 10.3. The number of nitriles is 1. The molecular weight excluding hydrogens is 198 g/mol. The third kappa shape index (κ3) is 1.57. The molecule has 1 aliphatic carbocycles. The average molecular weight is 215 g/mol. The molecule has 2 nitrogen and oxygen atoms in total. The zero-order valence-electron chi connectivity index (χ0n) is 10.3. The van der Waals surface area contributed by atoms with Gasteiger partial charge in [-0.2, -0.15) is 5.26 Å². The van der Waals surface area contributed by atoms with Gasteiger partial charge in [0.15, 0.2) is 0 Å². The minimum absolute atomic E-state index is 0.228. The first-order valence-electron chi connectivity index (χ1n) is 5.64. The third-order valence-electron chi connectivity index (χ3n) is 3.63. The number of hydrogen-bond donors (Lipinski definition) is 0. The fraction of sp³-hybridized carbons (Fsp3) is 0.500. The molecule has 2 atom stereocenters. The number of benzene rings is 1. The van der Waals surface area contributed by atoms with E-state index in [1.165, 1.54) is 22.3 Å². The lowest BCUT2D eigenvalue weighted by Gasteiger charge is -2.15. The van der Waals surface area contributed by atoms with Gasteiger partial charge in [0, 0.05) is 5.92 Å². The Kier molecular flexibility index (Phi) is 2.63. The van der Waals surface area contributed by atoms with Gasteiger partial charge in [0.1, 0.15) is 5.75 Å². The molecule has 1 aliphatic rings. The molecule has 1 fully saturated rings. The Labute approximate surface area is 96.9 Å². The second-order valence-electron chi connectivity index (χ2n) is 4.64. The lowest BCUT2D eigenvalue weighted by Crippen LogP contribution is -1.98. The maximum Gasteiger partial charge on any atom is 0.124 e. The number of methoxy groups -OCH3 is 1. The van der Waals surface area contributed by atoms with E-state index in [1.54, 1.807) is 7.11 Å².